The van der Waals surface area contributed by atoms with Gasteiger partial charge in [0, 0.05) is 30.1 Å². The standard InChI is InChI=1S/C23H29FN2O2/c24-20-3-1-18(2-4-20)21(27)19-5-7-26(8-6-19)22(28)25-23-12-15-9-16(13-23)11-17(10-15)14-23/h1-4,15-17,19H,5-14H2,(H,25,28). The van der Waals surface area contributed by atoms with E-state index in [-0.39, 0.29) is 29.1 Å². The molecule has 2 amide bonds. The van der Waals surface area contributed by atoms with E-state index in [9.17, 15) is 14.0 Å². The second-order valence-electron chi connectivity index (χ2n) is 9.76. The molecule has 0 atom stereocenters. The van der Waals surface area contributed by atoms with Gasteiger partial charge in [0.1, 0.15) is 5.82 Å². The lowest BCUT2D eigenvalue weighted by atomic mass is 9.53. The molecule has 1 N–H and O–H groups in total. The summed E-state index contributed by atoms with van der Waals surface area (Å²) in [5.41, 5.74) is 0.602. The molecule has 5 aliphatic rings. The minimum Gasteiger partial charge on any atom is -0.333 e. The van der Waals surface area contributed by atoms with Gasteiger partial charge in [-0.1, -0.05) is 0 Å². The van der Waals surface area contributed by atoms with Gasteiger partial charge in [-0.2, -0.15) is 0 Å². The number of likely N-dealkylation sites (tertiary alicyclic amines) is 1. The highest BCUT2D eigenvalue weighted by atomic mass is 19.1. The van der Waals surface area contributed by atoms with E-state index in [2.05, 4.69) is 5.32 Å². The number of urea groups is 1. The summed E-state index contributed by atoms with van der Waals surface area (Å²) in [5.74, 6) is 2.10. The molecule has 1 aromatic carbocycles. The molecule has 1 heterocycles. The molecule has 1 saturated heterocycles. The summed E-state index contributed by atoms with van der Waals surface area (Å²) in [7, 11) is 0. The van der Waals surface area contributed by atoms with E-state index in [4.69, 9.17) is 0 Å². The molecule has 0 aromatic heterocycles. The van der Waals surface area contributed by atoms with Gasteiger partial charge < -0.3 is 10.2 Å². The third kappa shape index (κ3) is 3.33. The zero-order valence-corrected chi connectivity index (χ0v) is 16.3. The molecule has 4 bridgehead atoms. The number of rotatable bonds is 3. The van der Waals surface area contributed by atoms with E-state index in [0.29, 0.717) is 31.5 Å². The Hall–Kier alpha value is -1.91. The average Bonchev–Trinajstić information content (AvgIpc) is 2.67. The second-order valence-corrected chi connectivity index (χ2v) is 9.76. The van der Waals surface area contributed by atoms with Crippen molar-refractivity contribution < 1.29 is 14.0 Å². The smallest absolute Gasteiger partial charge is 0.317 e. The lowest BCUT2D eigenvalue weighted by molar-refractivity contribution is -0.0161. The molecule has 28 heavy (non-hydrogen) atoms. The first kappa shape index (κ1) is 18.1. The molecule has 1 aromatic rings. The number of amides is 2. The van der Waals surface area contributed by atoms with Gasteiger partial charge in [-0.3, -0.25) is 4.79 Å². The Morgan fingerprint density at radius 2 is 1.46 bits per heavy atom. The predicted octanol–water partition coefficient (Wildman–Crippen LogP) is 4.40. The second kappa shape index (κ2) is 6.85. The fraction of sp³-hybridized carbons (Fsp3) is 0.652. The van der Waals surface area contributed by atoms with Gasteiger partial charge in [0.2, 0.25) is 0 Å². The van der Waals surface area contributed by atoms with E-state index in [1.54, 1.807) is 12.1 Å². The maximum absolute atomic E-state index is 13.1. The van der Waals surface area contributed by atoms with E-state index >= 15 is 0 Å². The fourth-order valence-electron chi connectivity index (χ4n) is 6.76. The number of benzene rings is 1. The van der Waals surface area contributed by atoms with Crippen LogP contribution in [0.15, 0.2) is 24.3 Å². The van der Waals surface area contributed by atoms with Gasteiger partial charge in [0.25, 0.3) is 0 Å². The van der Waals surface area contributed by atoms with E-state index in [1.807, 2.05) is 4.90 Å². The first-order valence-electron chi connectivity index (χ1n) is 10.9. The van der Waals surface area contributed by atoms with Gasteiger partial charge in [0.15, 0.2) is 5.78 Å². The molecule has 4 saturated carbocycles. The number of piperidine rings is 1. The Morgan fingerprint density at radius 1 is 0.929 bits per heavy atom. The minimum absolute atomic E-state index is 0.0343. The number of nitrogens with zero attached hydrogens (tertiary/aromatic N) is 1. The molecule has 4 nitrogen and oxygen atoms in total. The zero-order chi connectivity index (χ0) is 19.3. The first-order valence-corrected chi connectivity index (χ1v) is 10.9. The van der Waals surface area contributed by atoms with E-state index in [0.717, 1.165) is 37.0 Å². The maximum Gasteiger partial charge on any atom is 0.317 e. The maximum atomic E-state index is 13.1. The van der Waals surface area contributed by atoms with Crippen molar-refractivity contribution in [1.29, 1.82) is 0 Å². The van der Waals surface area contributed by atoms with Crippen LogP contribution < -0.4 is 5.32 Å². The van der Waals surface area contributed by atoms with Crippen molar-refractivity contribution in [3.05, 3.63) is 35.6 Å². The third-order valence-corrected chi connectivity index (χ3v) is 7.69. The lowest BCUT2D eigenvalue weighted by Gasteiger charge is -2.57. The number of hydrogen-bond donors (Lipinski definition) is 1. The third-order valence-electron chi connectivity index (χ3n) is 7.69. The molecule has 5 fully saturated rings. The normalized spacial score (nSPS) is 34.5. The Balaban J connectivity index is 1.17. The fourth-order valence-corrected chi connectivity index (χ4v) is 6.76. The summed E-state index contributed by atoms with van der Waals surface area (Å²) in [6, 6.07) is 5.85. The summed E-state index contributed by atoms with van der Waals surface area (Å²) < 4.78 is 13.1. The van der Waals surface area contributed by atoms with Gasteiger partial charge in [-0.05, 0) is 93.4 Å². The molecule has 0 unspecified atom stereocenters. The molecule has 1 aliphatic heterocycles. The van der Waals surface area contributed by atoms with Crippen LogP contribution in [0.1, 0.15) is 61.7 Å². The number of ketones is 1. The molecule has 6 rings (SSSR count). The number of halogens is 1. The van der Waals surface area contributed by atoms with Crippen molar-refractivity contribution in [3.8, 4) is 0 Å². The Bertz CT molecular complexity index is 732. The summed E-state index contributed by atoms with van der Waals surface area (Å²) in [5, 5.41) is 3.44. The number of carbonyl (C=O) groups is 2. The highest BCUT2D eigenvalue weighted by Crippen LogP contribution is 2.55. The van der Waals surface area contributed by atoms with E-state index < -0.39 is 0 Å². The van der Waals surface area contributed by atoms with Gasteiger partial charge in [0.05, 0.1) is 0 Å². The number of Topliss-reactive ketones (excluding diaryl/α,β-unsaturated/α-hetero) is 1. The molecular formula is C23H29FN2O2. The summed E-state index contributed by atoms with van der Waals surface area (Å²) in [6.45, 7) is 1.24. The summed E-state index contributed by atoms with van der Waals surface area (Å²) in [4.78, 5) is 27.5. The monoisotopic (exact) mass is 384 g/mol. The van der Waals surface area contributed by atoms with Gasteiger partial charge in [-0.15, -0.1) is 0 Å². The van der Waals surface area contributed by atoms with Crippen LogP contribution in [0, 0.1) is 29.5 Å². The van der Waals surface area contributed by atoms with Crippen LogP contribution in [0.2, 0.25) is 0 Å². The number of hydrogen-bond acceptors (Lipinski definition) is 2. The van der Waals surface area contributed by atoms with E-state index in [1.165, 1.54) is 31.4 Å². The highest BCUT2D eigenvalue weighted by molar-refractivity contribution is 5.98. The van der Waals surface area contributed by atoms with Crippen molar-refractivity contribution in [2.75, 3.05) is 13.1 Å². The van der Waals surface area contributed by atoms with Crippen molar-refractivity contribution in [3.63, 3.8) is 0 Å². The van der Waals surface area contributed by atoms with Crippen LogP contribution in [0.5, 0.6) is 0 Å². The van der Waals surface area contributed by atoms with Gasteiger partial charge >= 0.3 is 6.03 Å². The zero-order valence-electron chi connectivity index (χ0n) is 16.3. The van der Waals surface area contributed by atoms with Crippen molar-refractivity contribution in [2.24, 2.45) is 23.7 Å². The Labute approximate surface area is 165 Å². The quantitative estimate of drug-likeness (QED) is 0.786. The molecule has 0 radical (unpaired) electrons. The van der Waals surface area contributed by atoms with Crippen LogP contribution in [0.3, 0.4) is 0 Å². The summed E-state index contributed by atoms with van der Waals surface area (Å²) >= 11 is 0. The largest absolute Gasteiger partial charge is 0.333 e. The van der Waals surface area contributed by atoms with Crippen LogP contribution in [-0.4, -0.2) is 35.3 Å². The average molecular weight is 384 g/mol. The van der Waals surface area contributed by atoms with Crippen molar-refractivity contribution >= 4 is 11.8 Å². The molecule has 150 valence electrons. The van der Waals surface area contributed by atoms with Gasteiger partial charge in [-0.25, -0.2) is 9.18 Å². The molecule has 0 spiro atoms. The summed E-state index contributed by atoms with van der Waals surface area (Å²) in [6.07, 6.45) is 8.94. The minimum atomic E-state index is -0.326. The van der Waals surface area contributed by atoms with Crippen LogP contribution >= 0.6 is 0 Å². The highest BCUT2D eigenvalue weighted by Gasteiger charge is 2.51. The lowest BCUT2D eigenvalue weighted by Crippen LogP contribution is -2.62. The van der Waals surface area contributed by atoms with Crippen LogP contribution in [0.25, 0.3) is 0 Å². The number of carbonyl (C=O) groups excluding carboxylic acids is 2. The van der Waals surface area contributed by atoms with Crippen LogP contribution in [-0.2, 0) is 0 Å². The Kier molecular flexibility index (Phi) is 4.44. The van der Waals surface area contributed by atoms with Crippen molar-refractivity contribution in [2.45, 2.75) is 56.9 Å². The Morgan fingerprint density at radius 3 is 2.00 bits per heavy atom. The number of nitrogens with one attached hydrogen (secondary N) is 1. The topological polar surface area (TPSA) is 49.4 Å². The molecule has 4 aliphatic carbocycles. The van der Waals surface area contributed by atoms with Crippen molar-refractivity contribution in [1.82, 2.24) is 10.2 Å². The SMILES string of the molecule is O=C(c1ccc(F)cc1)C1CCN(C(=O)NC23CC4CC(CC(C4)C2)C3)CC1. The molecular weight excluding hydrogens is 355 g/mol. The predicted molar refractivity (Wildman–Crippen MR) is 104 cm³/mol. The van der Waals surface area contributed by atoms with Crippen LogP contribution in [0.4, 0.5) is 9.18 Å². The first-order chi connectivity index (χ1) is 13.5. The molecule has 5 heteroatoms.